The number of benzene rings is 3. The summed E-state index contributed by atoms with van der Waals surface area (Å²) >= 11 is 0. The van der Waals surface area contributed by atoms with Crippen molar-refractivity contribution in [2.24, 2.45) is 0 Å². The molecule has 0 spiro atoms. The Morgan fingerprint density at radius 3 is 1.42 bits per heavy atom. The topological polar surface area (TPSA) is 0 Å². The van der Waals surface area contributed by atoms with Gasteiger partial charge in [-0.05, 0) is 12.1 Å². The SMILES string of the molecule is C[S+]1c2ccccc2Cc2cc3c(cc21)Cc1ccccc1[S+]3C. The van der Waals surface area contributed by atoms with Gasteiger partial charge in [0.25, 0.3) is 0 Å². The molecule has 2 atom stereocenters. The predicted molar refractivity (Wildman–Crippen MR) is 105 cm³/mol. The first-order chi connectivity index (χ1) is 11.7. The molecule has 2 unspecified atom stereocenters. The monoisotopic (exact) mass is 348 g/mol. The van der Waals surface area contributed by atoms with Crippen LogP contribution in [0.5, 0.6) is 0 Å². The van der Waals surface area contributed by atoms with Crippen LogP contribution in [0.3, 0.4) is 0 Å². The van der Waals surface area contributed by atoms with Gasteiger partial charge in [0.05, 0.1) is 21.8 Å². The van der Waals surface area contributed by atoms with Gasteiger partial charge in [0, 0.05) is 47.2 Å². The second kappa shape index (κ2) is 5.44. The molecule has 2 aliphatic heterocycles. The molecule has 2 aliphatic rings. The summed E-state index contributed by atoms with van der Waals surface area (Å²) in [4.78, 5) is 6.22. The van der Waals surface area contributed by atoms with Crippen LogP contribution in [0.2, 0.25) is 0 Å². The molecule has 0 bridgehead atoms. The molecule has 118 valence electrons. The van der Waals surface area contributed by atoms with Gasteiger partial charge in [-0.2, -0.15) is 0 Å². The highest BCUT2D eigenvalue weighted by molar-refractivity contribution is 7.97. The van der Waals surface area contributed by atoms with Gasteiger partial charge in [-0.25, -0.2) is 0 Å². The molecular formula is C22H20S2+2. The van der Waals surface area contributed by atoms with Crippen LogP contribution in [0.25, 0.3) is 0 Å². The molecule has 0 nitrogen and oxygen atoms in total. The lowest BCUT2D eigenvalue weighted by Crippen LogP contribution is -2.19. The second-order valence-electron chi connectivity index (χ2n) is 6.66. The van der Waals surface area contributed by atoms with Crippen molar-refractivity contribution in [3.63, 3.8) is 0 Å². The fraction of sp³-hybridized carbons (Fsp3) is 0.182. The number of fused-ring (bicyclic) bond motifs is 4. The van der Waals surface area contributed by atoms with Crippen LogP contribution in [0.15, 0.2) is 80.2 Å². The third-order valence-electron chi connectivity index (χ3n) is 5.27. The van der Waals surface area contributed by atoms with Crippen LogP contribution in [0.1, 0.15) is 22.3 Å². The van der Waals surface area contributed by atoms with E-state index in [1.54, 1.807) is 20.9 Å². The lowest BCUT2D eigenvalue weighted by molar-refractivity contribution is 0.975. The average molecular weight is 349 g/mol. The molecular weight excluding hydrogens is 328 g/mol. The Labute approximate surface area is 149 Å². The van der Waals surface area contributed by atoms with E-state index in [1.165, 1.54) is 20.9 Å². The van der Waals surface area contributed by atoms with Gasteiger partial charge in [-0.15, -0.1) is 0 Å². The molecule has 0 aromatic heterocycles. The van der Waals surface area contributed by atoms with Crippen LogP contribution in [-0.2, 0) is 34.6 Å². The molecule has 0 saturated carbocycles. The van der Waals surface area contributed by atoms with Gasteiger partial charge in [-0.3, -0.25) is 0 Å². The largest absolute Gasteiger partial charge is 0.164 e. The second-order valence-corrected chi connectivity index (χ2v) is 10.5. The Morgan fingerprint density at radius 2 is 0.958 bits per heavy atom. The Balaban J connectivity index is 1.67. The predicted octanol–water partition coefficient (Wildman–Crippen LogP) is 4.83. The normalized spacial score (nSPS) is 20.6. The van der Waals surface area contributed by atoms with E-state index < -0.39 is 0 Å². The first kappa shape index (κ1) is 14.7. The maximum Gasteiger partial charge on any atom is 0.164 e. The van der Waals surface area contributed by atoms with Gasteiger partial charge in [0.2, 0.25) is 0 Å². The van der Waals surface area contributed by atoms with Gasteiger partial charge in [0.1, 0.15) is 12.5 Å². The van der Waals surface area contributed by atoms with Crippen molar-refractivity contribution in [2.75, 3.05) is 12.5 Å². The van der Waals surface area contributed by atoms with Crippen molar-refractivity contribution in [1.82, 2.24) is 0 Å². The first-order valence-electron chi connectivity index (χ1n) is 8.36. The van der Waals surface area contributed by atoms with Crippen molar-refractivity contribution in [2.45, 2.75) is 32.4 Å². The van der Waals surface area contributed by atoms with Crippen molar-refractivity contribution < 1.29 is 0 Å². The van der Waals surface area contributed by atoms with E-state index in [-0.39, 0.29) is 21.8 Å². The van der Waals surface area contributed by atoms with Crippen molar-refractivity contribution in [3.05, 3.63) is 82.9 Å². The van der Waals surface area contributed by atoms with Crippen LogP contribution in [-0.4, -0.2) is 12.5 Å². The third kappa shape index (κ3) is 2.09. The smallest absolute Gasteiger partial charge is 0.0616 e. The molecule has 0 aliphatic carbocycles. The van der Waals surface area contributed by atoms with Gasteiger partial charge in [0.15, 0.2) is 19.6 Å². The highest BCUT2D eigenvalue weighted by Crippen LogP contribution is 2.41. The van der Waals surface area contributed by atoms with E-state index in [0.717, 1.165) is 12.8 Å². The Hall–Kier alpha value is -1.64. The summed E-state index contributed by atoms with van der Waals surface area (Å²) in [6, 6.07) is 23.1. The van der Waals surface area contributed by atoms with E-state index >= 15 is 0 Å². The summed E-state index contributed by atoms with van der Waals surface area (Å²) in [5.74, 6) is 0. The number of hydrogen-bond donors (Lipinski definition) is 0. The van der Waals surface area contributed by atoms with Gasteiger partial charge < -0.3 is 0 Å². The summed E-state index contributed by atoms with van der Waals surface area (Å²) in [5.41, 5.74) is 6.14. The number of rotatable bonds is 0. The summed E-state index contributed by atoms with van der Waals surface area (Å²) in [5, 5.41) is 0. The molecule has 0 radical (unpaired) electrons. The third-order valence-corrected chi connectivity index (χ3v) is 9.47. The molecule has 24 heavy (non-hydrogen) atoms. The Bertz CT molecular complexity index is 879. The fourth-order valence-electron chi connectivity index (χ4n) is 4.03. The summed E-state index contributed by atoms with van der Waals surface area (Å²) in [7, 11) is 0.392. The quantitative estimate of drug-likeness (QED) is 0.511. The van der Waals surface area contributed by atoms with Crippen LogP contribution >= 0.6 is 0 Å². The lowest BCUT2D eigenvalue weighted by Gasteiger charge is -2.22. The zero-order chi connectivity index (χ0) is 16.3. The van der Waals surface area contributed by atoms with E-state index in [2.05, 4.69) is 73.2 Å². The van der Waals surface area contributed by atoms with Crippen molar-refractivity contribution in [1.29, 1.82) is 0 Å². The molecule has 5 rings (SSSR count). The maximum absolute atomic E-state index is 2.53. The molecule has 0 amide bonds. The van der Waals surface area contributed by atoms with Crippen LogP contribution in [0.4, 0.5) is 0 Å². The molecule has 2 heterocycles. The van der Waals surface area contributed by atoms with E-state index in [1.807, 2.05) is 0 Å². The minimum atomic E-state index is 0.196. The van der Waals surface area contributed by atoms with Crippen LogP contribution < -0.4 is 0 Å². The molecule has 2 heteroatoms. The highest BCUT2D eigenvalue weighted by Gasteiger charge is 2.37. The van der Waals surface area contributed by atoms with E-state index in [0.29, 0.717) is 0 Å². The average Bonchev–Trinajstić information content (AvgIpc) is 2.62. The van der Waals surface area contributed by atoms with Crippen molar-refractivity contribution in [3.8, 4) is 0 Å². The molecule has 0 N–H and O–H groups in total. The maximum atomic E-state index is 2.53. The molecule has 3 aromatic rings. The molecule has 0 fully saturated rings. The Morgan fingerprint density at radius 1 is 0.542 bits per heavy atom. The minimum absolute atomic E-state index is 0.196. The Kier molecular flexibility index (Phi) is 3.33. The van der Waals surface area contributed by atoms with Crippen molar-refractivity contribution >= 4 is 21.8 Å². The van der Waals surface area contributed by atoms with Crippen LogP contribution in [0, 0.1) is 0 Å². The van der Waals surface area contributed by atoms with Gasteiger partial charge in [-0.1, -0.05) is 36.4 Å². The zero-order valence-electron chi connectivity index (χ0n) is 14.0. The zero-order valence-corrected chi connectivity index (χ0v) is 15.6. The fourth-order valence-corrected chi connectivity index (χ4v) is 7.83. The summed E-state index contributed by atoms with van der Waals surface area (Å²) in [6.07, 6.45) is 6.97. The minimum Gasteiger partial charge on any atom is -0.0616 e. The highest BCUT2D eigenvalue weighted by atomic mass is 32.2. The standard InChI is InChI=1S/C22H20S2/c1-23-19-9-5-3-7-15(19)11-17-14-22-18(13-21(17)23)12-16-8-4-6-10-20(16)24(22)2/h3-10,13-14H,11-12H2,1-2H3/q+2. The lowest BCUT2D eigenvalue weighted by atomic mass is 9.99. The van der Waals surface area contributed by atoms with Gasteiger partial charge >= 0.3 is 0 Å². The molecule has 3 aromatic carbocycles. The first-order valence-corrected chi connectivity index (χ1v) is 11.6. The number of hydrogen-bond acceptors (Lipinski definition) is 0. The van der Waals surface area contributed by atoms with E-state index in [4.69, 9.17) is 0 Å². The molecule has 0 saturated heterocycles. The summed E-state index contributed by atoms with van der Waals surface area (Å²) < 4.78 is 0. The summed E-state index contributed by atoms with van der Waals surface area (Å²) in [6.45, 7) is 0. The van der Waals surface area contributed by atoms with E-state index in [9.17, 15) is 0 Å².